The van der Waals surface area contributed by atoms with Gasteiger partial charge in [-0.2, -0.15) is 0 Å². The summed E-state index contributed by atoms with van der Waals surface area (Å²) in [5.74, 6) is -0.947. The molecule has 2 saturated heterocycles. The molecule has 0 aromatic rings. The number of fused-ring (bicyclic) bond motifs is 1. The van der Waals surface area contributed by atoms with E-state index in [0.29, 0.717) is 13.2 Å². The molecule has 2 fully saturated rings. The summed E-state index contributed by atoms with van der Waals surface area (Å²) >= 11 is 0. The second-order valence-corrected chi connectivity index (χ2v) is 3.10. The highest BCUT2D eigenvalue weighted by Crippen LogP contribution is 2.41. The molecule has 4 heteroatoms. The average molecular weight is 156 g/mol. The van der Waals surface area contributed by atoms with Gasteiger partial charge in [-0.1, -0.05) is 0 Å². The molecule has 0 amide bonds. The van der Waals surface area contributed by atoms with E-state index in [1.165, 1.54) is 0 Å². The minimum absolute atomic E-state index is 0.0671. The Bertz CT molecular complexity index is 213. The van der Waals surface area contributed by atoms with Gasteiger partial charge in [0.2, 0.25) is 0 Å². The van der Waals surface area contributed by atoms with Gasteiger partial charge in [0.15, 0.2) is 5.41 Å². The zero-order valence-corrected chi connectivity index (χ0v) is 6.12. The molecule has 0 N–H and O–H groups in total. The number of ether oxygens (including phenoxy) is 2. The van der Waals surface area contributed by atoms with Crippen molar-refractivity contribution in [2.45, 2.75) is 6.92 Å². The van der Waals surface area contributed by atoms with Crippen LogP contribution in [0.3, 0.4) is 0 Å². The SMILES string of the molecule is CC12C(=O)OCC1COC2=O. The van der Waals surface area contributed by atoms with E-state index >= 15 is 0 Å². The highest BCUT2D eigenvalue weighted by molar-refractivity contribution is 6.02. The van der Waals surface area contributed by atoms with Crippen LogP contribution < -0.4 is 0 Å². The van der Waals surface area contributed by atoms with Crippen LogP contribution in [-0.4, -0.2) is 25.2 Å². The first-order valence-electron chi connectivity index (χ1n) is 3.50. The fourth-order valence-corrected chi connectivity index (χ4v) is 1.45. The average Bonchev–Trinajstić information content (AvgIpc) is 2.40. The molecule has 0 aliphatic carbocycles. The largest absolute Gasteiger partial charge is 0.464 e. The Labute approximate surface area is 63.5 Å². The maximum Gasteiger partial charge on any atom is 0.323 e. The molecule has 0 spiro atoms. The van der Waals surface area contributed by atoms with Crippen molar-refractivity contribution in [3.05, 3.63) is 0 Å². The summed E-state index contributed by atoms with van der Waals surface area (Å²) in [6, 6.07) is 0. The smallest absolute Gasteiger partial charge is 0.323 e. The van der Waals surface area contributed by atoms with Gasteiger partial charge in [-0.25, -0.2) is 0 Å². The number of carbonyl (C=O) groups excluding carboxylic acids is 2. The molecular weight excluding hydrogens is 148 g/mol. The first-order chi connectivity index (χ1) is 5.15. The Morgan fingerprint density at radius 3 is 2.09 bits per heavy atom. The van der Waals surface area contributed by atoms with E-state index in [-0.39, 0.29) is 5.92 Å². The van der Waals surface area contributed by atoms with Gasteiger partial charge in [-0.15, -0.1) is 0 Å². The number of hydrogen-bond acceptors (Lipinski definition) is 4. The lowest BCUT2D eigenvalue weighted by molar-refractivity contribution is -0.158. The molecule has 0 aromatic carbocycles. The van der Waals surface area contributed by atoms with Crippen molar-refractivity contribution in [1.82, 2.24) is 0 Å². The van der Waals surface area contributed by atoms with Gasteiger partial charge in [0.1, 0.15) is 0 Å². The molecule has 0 radical (unpaired) electrons. The zero-order chi connectivity index (χ0) is 8.06. The van der Waals surface area contributed by atoms with E-state index in [1.807, 2.05) is 0 Å². The monoisotopic (exact) mass is 156 g/mol. The molecule has 0 bridgehead atoms. The summed E-state index contributed by atoms with van der Waals surface area (Å²) in [5, 5.41) is 0. The van der Waals surface area contributed by atoms with Crippen molar-refractivity contribution in [2.24, 2.45) is 11.3 Å². The number of hydrogen-bond donors (Lipinski definition) is 0. The third-order valence-electron chi connectivity index (χ3n) is 2.50. The van der Waals surface area contributed by atoms with Crippen molar-refractivity contribution in [1.29, 1.82) is 0 Å². The molecule has 11 heavy (non-hydrogen) atoms. The standard InChI is InChI=1S/C7H8O4/c1-7-4(2-10-5(7)8)3-11-6(7)9/h4H,2-3H2,1H3. The Balaban J connectivity index is 2.42. The van der Waals surface area contributed by atoms with Gasteiger partial charge in [-0.3, -0.25) is 9.59 Å². The van der Waals surface area contributed by atoms with Gasteiger partial charge in [0.25, 0.3) is 0 Å². The topological polar surface area (TPSA) is 52.6 Å². The number of rotatable bonds is 0. The Morgan fingerprint density at radius 1 is 1.27 bits per heavy atom. The Morgan fingerprint density at radius 2 is 1.73 bits per heavy atom. The van der Waals surface area contributed by atoms with Crippen molar-refractivity contribution < 1.29 is 19.1 Å². The number of cyclic esters (lactones) is 2. The van der Waals surface area contributed by atoms with Crippen LogP contribution in [0.25, 0.3) is 0 Å². The summed E-state index contributed by atoms with van der Waals surface area (Å²) in [5.41, 5.74) is -1.00. The van der Waals surface area contributed by atoms with E-state index in [4.69, 9.17) is 9.47 Å². The van der Waals surface area contributed by atoms with Crippen molar-refractivity contribution in [3.63, 3.8) is 0 Å². The number of esters is 2. The highest BCUT2D eigenvalue weighted by Gasteiger charge is 2.60. The van der Waals surface area contributed by atoms with Crippen LogP contribution in [-0.2, 0) is 19.1 Å². The molecule has 0 aromatic heterocycles. The summed E-state index contributed by atoms with van der Waals surface area (Å²) in [6.45, 7) is 2.23. The predicted molar refractivity (Wildman–Crippen MR) is 33.5 cm³/mol. The first kappa shape index (κ1) is 6.64. The van der Waals surface area contributed by atoms with Crippen LogP contribution in [0.1, 0.15) is 6.92 Å². The van der Waals surface area contributed by atoms with Crippen LogP contribution >= 0.6 is 0 Å². The van der Waals surface area contributed by atoms with Crippen molar-refractivity contribution in [3.8, 4) is 0 Å². The third kappa shape index (κ3) is 0.593. The molecule has 0 unspecified atom stereocenters. The lowest BCUT2D eigenvalue weighted by Crippen LogP contribution is -2.32. The van der Waals surface area contributed by atoms with E-state index < -0.39 is 17.4 Å². The molecule has 60 valence electrons. The van der Waals surface area contributed by atoms with Crippen LogP contribution in [0, 0.1) is 11.3 Å². The summed E-state index contributed by atoms with van der Waals surface area (Å²) in [7, 11) is 0. The molecule has 4 nitrogen and oxygen atoms in total. The number of carbonyl (C=O) groups is 2. The molecule has 0 saturated carbocycles. The van der Waals surface area contributed by atoms with Crippen molar-refractivity contribution in [2.75, 3.05) is 13.2 Å². The molecule has 2 rings (SSSR count). The second kappa shape index (κ2) is 1.75. The van der Waals surface area contributed by atoms with Gasteiger partial charge in [0.05, 0.1) is 19.1 Å². The summed E-state index contributed by atoms with van der Waals surface area (Å²) in [6.07, 6.45) is 0. The van der Waals surface area contributed by atoms with Gasteiger partial charge >= 0.3 is 11.9 Å². The molecule has 0 atom stereocenters. The highest BCUT2D eigenvalue weighted by atomic mass is 16.6. The third-order valence-corrected chi connectivity index (χ3v) is 2.50. The normalized spacial score (nSPS) is 41.7. The van der Waals surface area contributed by atoms with Gasteiger partial charge in [0, 0.05) is 0 Å². The van der Waals surface area contributed by atoms with Crippen molar-refractivity contribution >= 4 is 11.9 Å². The maximum absolute atomic E-state index is 11.1. The Kier molecular flexibility index (Phi) is 1.06. The fraction of sp³-hybridized carbons (Fsp3) is 0.714. The van der Waals surface area contributed by atoms with Gasteiger partial charge in [-0.05, 0) is 6.92 Å². The maximum atomic E-state index is 11.1. The van der Waals surface area contributed by atoms with E-state index in [2.05, 4.69) is 0 Å². The fourth-order valence-electron chi connectivity index (χ4n) is 1.45. The van der Waals surface area contributed by atoms with E-state index in [9.17, 15) is 9.59 Å². The van der Waals surface area contributed by atoms with Crippen LogP contribution in [0.2, 0.25) is 0 Å². The van der Waals surface area contributed by atoms with Crippen LogP contribution in [0.4, 0.5) is 0 Å². The Hall–Kier alpha value is -1.06. The second-order valence-electron chi connectivity index (χ2n) is 3.10. The first-order valence-corrected chi connectivity index (χ1v) is 3.50. The van der Waals surface area contributed by atoms with Gasteiger partial charge < -0.3 is 9.47 Å². The lowest BCUT2D eigenvalue weighted by atomic mass is 9.82. The lowest BCUT2D eigenvalue weighted by Gasteiger charge is -2.10. The minimum Gasteiger partial charge on any atom is -0.464 e. The zero-order valence-electron chi connectivity index (χ0n) is 6.12. The van der Waals surface area contributed by atoms with Crippen LogP contribution in [0.5, 0.6) is 0 Å². The van der Waals surface area contributed by atoms with Crippen LogP contribution in [0.15, 0.2) is 0 Å². The quantitative estimate of drug-likeness (QED) is 0.357. The minimum atomic E-state index is -1.00. The molecular formula is C7H8O4. The molecule has 2 aliphatic rings. The molecule has 2 aliphatic heterocycles. The molecule has 2 heterocycles. The summed E-state index contributed by atoms with van der Waals surface area (Å²) < 4.78 is 9.51. The van der Waals surface area contributed by atoms with E-state index in [1.54, 1.807) is 6.92 Å². The predicted octanol–water partition coefficient (Wildman–Crippen LogP) is -0.278. The van der Waals surface area contributed by atoms with E-state index in [0.717, 1.165) is 0 Å². The summed E-state index contributed by atoms with van der Waals surface area (Å²) in [4.78, 5) is 22.1.